The van der Waals surface area contributed by atoms with Crippen LogP contribution in [-0.2, 0) is 6.54 Å². The number of pyridine rings is 1. The van der Waals surface area contributed by atoms with Crippen LogP contribution in [0.25, 0.3) is 0 Å². The van der Waals surface area contributed by atoms with Crippen LogP contribution in [0.2, 0.25) is 5.02 Å². The number of nitrogens with zero attached hydrogens (tertiary/aromatic N) is 1. The number of halogens is 1. The van der Waals surface area contributed by atoms with Gasteiger partial charge in [-0.05, 0) is 48.9 Å². The Morgan fingerprint density at radius 1 is 1.00 bits per heavy atom. The van der Waals surface area contributed by atoms with E-state index in [0.717, 1.165) is 11.1 Å². The van der Waals surface area contributed by atoms with E-state index in [-0.39, 0.29) is 12.1 Å². The molecule has 0 radical (unpaired) electrons. The molecule has 3 N–H and O–H groups in total. The van der Waals surface area contributed by atoms with Crippen LogP contribution < -0.4 is 21.7 Å². The summed E-state index contributed by atoms with van der Waals surface area (Å²) in [6.07, 6.45) is 1.58. The Morgan fingerprint density at radius 2 is 1.76 bits per heavy atom. The standard InChI is InChI=1S/C21H19ClN4O3/c1-14-7-9-17(10-8-14)23-21(29)25-24-19(27)18-6-3-11-26(20(18)28)13-15-4-2-5-16(22)12-15/h2-12H,13H2,1H3,(H,24,27)(H2,23,25,29). The molecule has 3 rings (SSSR count). The summed E-state index contributed by atoms with van der Waals surface area (Å²) in [5, 5.41) is 3.14. The van der Waals surface area contributed by atoms with Crippen LogP contribution in [0.3, 0.4) is 0 Å². The highest BCUT2D eigenvalue weighted by Gasteiger charge is 2.13. The van der Waals surface area contributed by atoms with Crippen LogP contribution in [0.15, 0.2) is 71.7 Å². The Morgan fingerprint density at radius 3 is 2.48 bits per heavy atom. The van der Waals surface area contributed by atoms with E-state index in [1.807, 2.05) is 25.1 Å². The minimum absolute atomic E-state index is 0.0924. The van der Waals surface area contributed by atoms with E-state index in [0.29, 0.717) is 10.7 Å². The molecule has 0 saturated carbocycles. The van der Waals surface area contributed by atoms with Gasteiger partial charge in [0.2, 0.25) is 0 Å². The number of nitrogens with one attached hydrogen (secondary N) is 3. The van der Waals surface area contributed by atoms with Crippen molar-refractivity contribution >= 4 is 29.2 Å². The largest absolute Gasteiger partial charge is 0.337 e. The first-order valence-corrected chi connectivity index (χ1v) is 9.18. The lowest BCUT2D eigenvalue weighted by Gasteiger charge is -2.11. The van der Waals surface area contributed by atoms with E-state index in [1.165, 1.54) is 10.6 Å². The number of aryl methyl sites for hydroxylation is 1. The van der Waals surface area contributed by atoms with Gasteiger partial charge < -0.3 is 9.88 Å². The number of amides is 3. The Bertz CT molecular complexity index is 1090. The van der Waals surface area contributed by atoms with Gasteiger partial charge in [-0.2, -0.15) is 0 Å². The number of carbonyl (C=O) groups is 2. The molecule has 1 heterocycles. The first-order valence-electron chi connectivity index (χ1n) is 8.80. The van der Waals surface area contributed by atoms with Crippen molar-refractivity contribution in [2.75, 3.05) is 5.32 Å². The van der Waals surface area contributed by atoms with Gasteiger partial charge in [0.15, 0.2) is 0 Å². The summed E-state index contributed by atoms with van der Waals surface area (Å²) >= 11 is 5.97. The zero-order valence-corrected chi connectivity index (χ0v) is 16.4. The molecule has 148 valence electrons. The minimum atomic E-state index is -0.713. The minimum Gasteiger partial charge on any atom is -0.310 e. The maximum Gasteiger partial charge on any atom is 0.337 e. The molecule has 0 spiro atoms. The smallest absolute Gasteiger partial charge is 0.310 e. The van der Waals surface area contributed by atoms with E-state index < -0.39 is 17.5 Å². The maximum atomic E-state index is 12.6. The van der Waals surface area contributed by atoms with Gasteiger partial charge in [-0.3, -0.25) is 15.0 Å². The van der Waals surface area contributed by atoms with Crippen LogP contribution >= 0.6 is 11.6 Å². The molecule has 0 aliphatic carbocycles. The molecule has 0 atom stereocenters. The number of hydrogen-bond acceptors (Lipinski definition) is 3. The summed E-state index contributed by atoms with van der Waals surface area (Å²) in [4.78, 5) is 36.9. The molecule has 7 nitrogen and oxygen atoms in total. The SMILES string of the molecule is Cc1ccc(NC(=O)NNC(=O)c2cccn(Cc3cccc(Cl)c3)c2=O)cc1. The van der Waals surface area contributed by atoms with Crippen molar-refractivity contribution in [2.45, 2.75) is 13.5 Å². The van der Waals surface area contributed by atoms with Gasteiger partial charge in [-0.25, -0.2) is 10.2 Å². The number of benzene rings is 2. The van der Waals surface area contributed by atoms with E-state index in [2.05, 4.69) is 16.2 Å². The average molecular weight is 411 g/mol. The second-order valence-electron chi connectivity index (χ2n) is 6.38. The van der Waals surface area contributed by atoms with E-state index in [9.17, 15) is 14.4 Å². The zero-order valence-electron chi connectivity index (χ0n) is 15.6. The van der Waals surface area contributed by atoms with Crippen molar-refractivity contribution in [3.05, 3.63) is 98.9 Å². The Balaban J connectivity index is 1.64. The van der Waals surface area contributed by atoms with Gasteiger partial charge >= 0.3 is 6.03 Å². The number of rotatable bonds is 4. The molecule has 29 heavy (non-hydrogen) atoms. The van der Waals surface area contributed by atoms with Crippen molar-refractivity contribution in [3.8, 4) is 0 Å². The number of anilines is 1. The van der Waals surface area contributed by atoms with Crippen LogP contribution in [0.5, 0.6) is 0 Å². The predicted molar refractivity (Wildman–Crippen MR) is 112 cm³/mol. The molecule has 0 fully saturated rings. The summed E-state index contributed by atoms with van der Waals surface area (Å²) < 4.78 is 1.40. The van der Waals surface area contributed by atoms with Crippen molar-refractivity contribution < 1.29 is 9.59 Å². The number of carbonyl (C=O) groups excluding carboxylic acids is 2. The summed E-state index contributed by atoms with van der Waals surface area (Å²) in [5.74, 6) is -0.713. The molecule has 0 aliphatic heterocycles. The Labute approximate surface area is 172 Å². The molecule has 2 aromatic carbocycles. The van der Waals surface area contributed by atoms with Crippen molar-refractivity contribution in [1.82, 2.24) is 15.4 Å². The lowest BCUT2D eigenvalue weighted by Crippen LogP contribution is -2.45. The van der Waals surface area contributed by atoms with E-state index in [1.54, 1.807) is 42.6 Å². The van der Waals surface area contributed by atoms with Gasteiger partial charge in [0.1, 0.15) is 5.56 Å². The lowest BCUT2D eigenvalue weighted by atomic mass is 10.2. The number of urea groups is 1. The van der Waals surface area contributed by atoms with Crippen molar-refractivity contribution in [1.29, 1.82) is 0 Å². The molecule has 3 amide bonds. The normalized spacial score (nSPS) is 10.3. The van der Waals surface area contributed by atoms with Gasteiger partial charge in [0.05, 0.1) is 6.54 Å². The third-order valence-electron chi connectivity index (χ3n) is 4.11. The number of hydrazine groups is 1. The highest BCUT2D eigenvalue weighted by Crippen LogP contribution is 2.11. The molecule has 1 aromatic heterocycles. The third kappa shape index (κ3) is 5.46. The van der Waals surface area contributed by atoms with E-state index >= 15 is 0 Å². The van der Waals surface area contributed by atoms with E-state index in [4.69, 9.17) is 11.6 Å². The summed E-state index contributed by atoms with van der Waals surface area (Å²) in [6, 6.07) is 16.6. The molecule has 0 aliphatic rings. The average Bonchev–Trinajstić information content (AvgIpc) is 2.69. The van der Waals surface area contributed by atoms with Crippen LogP contribution in [0.4, 0.5) is 10.5 Å². The maximum absolute atomic E-state index is 12.6. The topological polar surface area (TPSA) is 92.2 Å². The number of aromatic nitrogens is 1. The van der Waals surface area contributed by atoms with Crippen LogP contribution in [-0.4, -0.2) is 16.5 Å². The molecule has 0 unspecified atom stereocenters. The molecule has 8 heteroatoms. The van der Waals surface area contributed by atoms with Crippen molar-refractivity contribution in [3.63, 3.8) is 0 Å². The molecule has 3 aromatic rings. The second kappa shape index (κ2) is 9.07. The molecule has 0 bridgehead atoms. The third-order valence-corrected chi connectivity index (χ3v) is 4.34. The highest BCUT2D eigenvalue weighted by atomic mass is 35.5. The van der Waals surface area contributed by atoms with Gasteiger partial charge in [0, 0.05) is 16.9 Å². The molecule has 0 saturated heterocycles. The highest BCUT2D eigenvalue weighted by molar-refractivity contribution is 6.30. The Hall–Kier alpha value is -3.58. The summed E-state index contributed by atoms with van der Waals surface area (Å²) in [5.41, 5.74) is 6.35. The van der Waals surface area contributed by atoms with Gasteiger partial charge in [-0.1, -0.05) is 41.4 Å². The van der Waals surface area contributed by atoms with Crippen LogP contribution in [0, 0.1) is 6.92 Å². The Kier molecular flexibility index (Phi) is 6.31. The summed E-state index contributed by atoms with van der Waals surface area (Å²) in [6.45, 7) is 2.20. The lowest BCUT2D eigenvalue weighted by molar-refractivity contribution is 0.0936. The first-order chi connectivity index (χ1) is 13.9. The van der Waals surface area contributed by atoms with Gasteiger partial charge in [0.25, 0.3) is 11.5 Å². The fraction of sp³-hybridized carbons (Fsp3) is 0.0952. The van der Waals surface area contributed by atoms with Gasteiger partial charge in [-0.15, -0.1) is 0 Å². The second-order valence-corrected chi connectivity index (χ2v) is 6.82. The first kappa shape index (κ1) is 20.2. The van der Waals surface area contributed by atoms with Crippen molar-refractivity contribution in [2.24, 2.45) is 0 Å². The zero-order chi connectivity index (χ0) is 20.8. The molecular formula is C21H19ClN4O3. The predicted octanol–water partition coefficient (Wildman–Crippen LogP) is 3.32. The number of hydrogen-bond donors (Lipinski definition) is 3. The monoisotopic (exact) mass is 410 g/mol. The molecular weight excluding hydrogens is 392 g/mol. The summed E-state index contributed by atoms with van der Waals surface area (Å²) in [7, 11) is 0. The quantitative estimate of drug-likeness (QED) is 0.576. The fourth-order valence-electron chi connectivity index (χ4n) is 2.65. The van der Waals surface area contributed by atoms with Crippen LogP contribution in [0.1, 0.15) is 21.5 Å². The fourth-order valence-corrected chi connectivity index (χ4v) is 2.86.